The average molecular weight is 415 g/mol. The lowest BCUT2D eigenvalue weighted by atomic mass is 9.82. The number of hydrogen-bond acceptors (Lipinski definition) is 5. The van der Waals surface area contributed by atoms with E-state index in [1.54, 1.807) is 31.2 Å². The molecule has 0 unspecified atom stereocenters. The number of hydrogen-bond donors (Lipinski definition) is 1. The molecule has 1 heterocycles. The van der Waals surface area contributed by atoms with Crippen molar-refractivity contribution in [3.63, 3.8) is 0 Å². The third-order valence-electron chi connectivity index (χ3n) is 6.68. The van der Waals surface area contributed by atoms with Crippen molar-refractivity contribution in [2.45, 2.75) is 51.9 Å². The second-order valence-electron chi connectivity index (χ2n) is 8.59. The van der Waals surface area contributed by atoms with Crippen molar-refractivity contribution in [1.29, 1.82) is 0 Å². The Morgan fingerprint density at radius 3 is 2.17 bits per heavy atom. The SMILES string of the molecule is CCOC(=O)COc1ccc(NC(=O)C2(C3(C(=O)N4CCCCC4)CC3)CC2)cc1. The molecule has 2 amide bonds. The van der Waals surface area contributed by atoms with E-state index in [2.05, 4.69) is 5.32 Å². The van der Waals surface area contributed by atoms with Gasteiger partial charge in [0, 0.05) is 18.8 Å². The first-order valence-corrected chi connectivity index (χ1v) is 11.0. The van der Waals surface area contributed by atoms with Gasteiger partial charge in [-0.15, -0.1) is 0 Å². The fourth-order valence-electron chi connectivity index (χ4n) is 4.70. The summed E-state index contributed by atoms with van der Waals surface area (Å²) in [5.41, 5.74) is -0.381. The molecule has 2 aliphatic carbocycles. The van der Waals surface area contributed by atoms with Crippen LogP contribution < -0.4 is 10.1 Å². The van der Waals surface area contributed by atoms with Gasteiger partial charge < -0.3 is 19.7 Å². The molecule has 7 heteroatoms. The highest BCUT2D eigenvalue weighted by Gasteiger charge is 2.73. The second kappa shape index (κ2) is 8.28. The predicted molar refractivity (Wildman–Crippen MR) is 111 cm³/mol. The second-order valence-corrected chi connectivity index (χ2v) is 8.59. The van der Waals surface area contributed by atoms with E-state index in [0.29, 0.717) is 18.0 Å². The van der Waals surface area contributed by atoms with Crippen LogP contribution in [0.4, 0.5) is 5.69 Å². The van der Waals surface area contributed by atoms with Gasteiger partial charge in [0.05, 0.1) is 17.4 Å². The van der Waals surface area contributed by atoms with Gasteiger partial charge in [0.15, 0.2) is 6.61 Å². The molecule has 0 bridgehead atoms. The van der Waals surface area contributed by atoms with Gasteiger partial charge >= 0.3 is 5.97 Å². The zero-order valence-electron chi connectivity index (χ0n) is 17.6. The van der Waals surface area contributed by atoms with Crippen molar-refractivity contribution in [2.24, 2.45) is 10.8 Å². The van der Waals surface area contributed by atoms with Crippen molar-refractivity contribution in [1.82, 2.24) is 4.90 Å². The molecule has 1 aromatic carbocycles. The molecule has 1 aromatic rings. The predicted octanol–water partition coefficient (Wildman–Crippen LogP) is 3.14. The number of nitrogens with one attached hydrogen (secondary N) is 1. The van der Waals surface area contributed by atoms with Crippen LogP contribution in [0.15, 0.2) is 24.3 Å². The molecular weight excluding hydrogens is 384 g/mol. The van der Waals surface area contributed by atoms with Gasteiger partial charge in [-0.1, -0.05) is 0 Å². The fourth-order valence-corrected chi connectivity index (χ4v) is 4.70. The Balaban J connectivity index is 1.36. The normalized spacial score (nSPS) is 20.8. The highest BCUT2D eigenvalue weighted by molar-refractivity contribution is 6.03. The number of esters is 1. The van der Waals surface area contributed by atoms with E-state index in [1.165, 1.54) is 6.42 Å². The van der Waals surface area contributed by atoms with E-state index < -0.39 is 16.8 Å². The van der Waals surface area contributed by atoms with Gasteiger partial charge in [-0.3, -0.25) is 9.59 Å². The third-order valence-corrected chi connectivity index (χ3v) is 6.68. The zero-order valence-corrected chi connectivity index (χ0v) is 17.6. The number of ether oxygens (including phenoxy) is 2. The van der Waals surface area contributed by atoms with Gasteiger partial charge in [0.1, 0.15) is 5.75 Å². The number of nitrogens with zero attached hydrogens (tertiary/aromatic N) is 1. The minimum absolute atomic E-state index is 0.0504. The van der Waals surface area contributed by atoms with Crippen molar-refractivity contribution in [2.75, 3.05) is 31.6 Å². The Kier molecular flexibility index (Phi) is 5.71. The summed E-state index contributed by atoms with van der Waals surface area (Å²) in [6, 6.07) is 6.92. The van der Waals surface area contributed by atoms with Crippen LogP contribution in [0.1, 0.15) is 51.9 Å². The Bertz CT molecular complexity index is 805. The lowest BCUT2D eigenvalue weighted by Crippen LogP contribution is -2.47. The summed E-state index contributed by atoms with van der Waals surface area (Å²) < 4.78 is 10.2. The summed E-state index contributed by atoms with van der Waals surface area (Å²) in [7, 11) is 0. The van der Waals surface area contributed by atoms with Crippen LogP contribution in [0.5, 0.6) is 5.75 Å². The zero-order chi connectivity index (χ0) is 21.2. The van der Waals surface area contributed by atoms with E-state index in [0.717, 1.165) is 51.6 Å². The average Bonchev–Trinajstić information content (AvgIpc) is 3.67. The van der Waals surface area contributed by atoms with Gasteiger partial charge in [0.2, 0.25) is 11.8 Å². The smallest absolute Gasteiger partial charge is 0.344 e. The summed E-state index contributed by atoms with van der Waals surface area (Å²) in [5.74, 6) is 0.253. The molecule has 1 N–H and O–H groups in total. The topological polar surface area (TPSA) is 84.9 Å². The van der Waals surface area contributed by atoms with Crippen LogP contribution in [-0.4, -0.2) is 49.0 Å². The molecule has 4 rings (SSSR count). The van der Waals surface area contributed by atoms with Gasteiger partial charge in [-0.05, 0) is 76.1 Å². The maximum atomic E-state index is 13.2. The standard InChI is InChI=1S/C23H30N2O5/c1-2-29-19(26)16-30-18-8-6-17(7-9-18)24-20(27)22(10-11-22)23(12-13-23)21(28)25-14-4-3-5-15-25/h6-9H,2-5,10-16H2,1H3,(H,24,27). The molecule has 162 valence electrons. The quantitative estimate of drug-likeness (QED) is 0.661. The minimum atomic E-state index is -0.555. The number of anilines is 1. The van der Waals surface area contributed by atoms with Crippen LogP contribution in [0.3, 0.4) is 0 Å². The van der Waals surface area contributed by atoms with Crippen LogP contribution in [-0.2, 0) is 19.1 Å². The van der Waals surface area contributed by atoms with Gasteiger partial charge in [-0.2, -0.15) is 0 Å². The number of amides is 2. The Morgan fingerprint density at radius 1 is 0.967 bits per heavy atom. The molecule has 3 aliphatic rings. The monoisotopic (exact) mass is 414 g/mol. The summed E-state index contributed by atoms with van der Waals surface area (Å²) in [6.45, 7) is 3.56. The van der Waals surface area contributed by atoms with Crippen molar-refractivity contribution < 1.29 is 23.9 Å². The highest BCUT2D eigenvalue weighted by Crippen LogP contribution is 2.71. The first-order valence-electron chi connectivity index (χ1n) is 11.0. The molecule has 0 aromatic heterocycles. The van der Waals surface area contributed by atoms with Gasteiger partial charge in [-0.25, -0.2) is 4.79 Å². The number of carbonyl (C=O) groups is 3. The molecule has 7 nitrogen and oxygen atoms in total. The molecule has 1 saturated heterocycles. The molecular formula is C23H30N2O5. The Labute approximate surface area is 177 Å². The number of likely N-dealkylation sites (tertiary alicyclic amines) is 1. The first kappa shape index (κ1) is 20.7. The van der Waals surface area contributed by atoms with E-state index >= 15 is 0 Å². The Hall–Kier alpha value is -2.57. The van der Waals surface area contributed by atoms with Crippen LogP contribution in [0.2, 0.25) is 0 Å². The van der Waals surface area contributed by atoms with Crippen LogP contribution in [0.25, 0.3) is 0 Å². The molecule has 3 fully saturated rings. The highest BCUT2D eigenvalue weighted by atomic mass is 16.6. The van der Waals surface area contributed by atoms with E-state index in [9.17, 15) is 14.4 Å². The maximum Gasteiger partial charge on any atom is 0.344 e. The molecule has 0 spiro atoms. The lowest BCUT2D eigenvalue weighted by molar-refractivity contribution is -0.145. The fraction of sp³-hybridized carbons (Fsp3) is 0.609. The minimum Gasteiger partial charge on any atom is -0.482 e. The number of benzene rings is 1. The lowest BCUT2D eigenvalue weighted by Gasteiger charge is -2.34. The van der Waals surface area contributed by atoms with Crippen molar-refractivity contribution in [3.8, 4) is 5.75 Å². The molecule has 2 saturated carbocycles. The summed E-state index contributed by atoms with van der Waals surface area (Å²) >= 11 is 0. The third kappa shape index (κ3) is 3.89. The van der Waals surface area contributed by atoms with Crippen molar-refractivity contribution >= 4 is 23.5 Å². The maximum absolute atomic E-state index is 13.2. The van der Waals surface area contributed by atoms with Gasteiger partial charge in [0.25, 0.3) is 0 Å². The first-order chi connectivity index (χ1) is 14.5. The summed E-state index contributed by atoms with van der Waals surface area (Å²) in [5, 5.41) is 3.00. The van der Waals surface area contributed by atoms with Crippen LogP contribution in [0, 0.1) is 10.8 Å². The van der Waals surface area contributed by atoms with Crippen LogP contribution >= 0.6 is 0 Å². The summed E-state index contributed by atoms with van der Waals surface area (Å²) in [6.07, 6.45) is 6.49. The number of carbonyl (C=O) groups excluding carboxylic acids is 3. The number of piperidine rings is 1. The van der Waals surface area contributed by atoms with E-state index in [-0.39, 0.29) is 18.4 Å². The molecule has 0 atom stereocenters. The largest absolute Gasteiger partial charge is 0.482 e. The Morgan fingerprint density at radius 2 is 1.60 bits per heavy atom. The van der Waals surface area contributed by atoms with E-state index in [4.69, 9.17) is 9.47 Å². The summed E-state index contributed by atoms with van der Waals surface area (Å²) in [4.78, 5) is 39.8. The molecule has 30 heavy (non-hydrogen) atoms. The molecule has 0 radical (unpaired) electrons. The number of rotatable bonds is 8. The van der Waals surface area contributed by atoms with E-state index in [1.807, 2.05) is 4.90 Å². The molecule has 1 aliphatic heterocycles. The van der Waals surface area contributed by atoms with Crippen molar-refractivity contribution in [3.05, 3.63) is 24.3 Å².